The Labute approximate surface area is 187 Å². The Balaban J connectivity index is 1.36. The molecule has 1 aliphatic heterocycles. The molecule has 1 heterocycles. The molecule has 1 saturated carbocycles. The van der Waals surface area contributed by atoms with Crippen LogP contribution in [0.25, 0.3) is 0 Å². The van der Waals surface area contributed by atoms with E-state index in [1.165, 1.54) is 37.0 Å². The molecular weight excluding hydrogens is 423 g/mol. The minimum atomic E-state index is -4.32. The van der Waals surface area contributed by atoms with Crippen LogP contribution in [0.15, 0.2) is 48.5 Å². The highest BCUT2D eigenvalue weighted by molar-refractivity contribution is 6.30. The topological polar surface area (TPSA) is 12.5 Å². The van der Waals surface area contributed by atoms with Crippen LogP contribution in [0.3, 0.4) is 0 Å². The summed E-state index contributed by atoms with van der Waals surface area (Å²) in [4.78, 5) is 2.55. The van der Waals surface area contributed by atoms with E-state index in [9.17, 15) is 13.2 Å². The minimum Gasteiger partial charge on any atom is -0.493 e. The van der Waals surface area contributed by atoms with Gasteiger partial charge in [0.15, 0.2) is 0 Å². The number of piperidine rings is 1. The van der Waals surface area contributed by atoms with Crippen molar-refractivity contribution in [2.75, 3.05) is 26.2 Å². The van der Waals surface area contributed by atoms with Crippen molar-refractivity contribution in [3.05, 3.63) is 64.7 Å². The Bertz CT molecular complexity index is 862. The molecule has 0 aromatic heterocycles. The largest absolute Gasteiger partial charge is 0.493 e. The van der Waals surface area contributed by atoms with Gasteiger partial charge in [-0.15, -0.1) is 0 Å². The van der Waals surface area contributed by atoms with Crippen molar-refractivity contribution >= 4 is 11.6 Å². The molecule has 6 heteroatoms. The van der Waals surface area contributed by atoms with Gasteiger partial charge in [-0.05, 0) is 73.7 Å². The predicted molar refractivity (Wildman–Crippen MR) is 118 cm³/mol. The third-order valence-electron chi connectivity index (χ3n) is 7.14. The van der Waals surface area contributed by atoms with Crippen molar-refractivity contribution in [1.29, 1.82) is 0 Å². The zero-order valence-corrected chi connectivity index (χ0v) is 18.6. The first-order valence-corrected chi connectivity index (χ1v) is 11.4. The first-order valence-electron chi connectivity index (χ1n) is 11.0. The van der Waals surface area contributed by atoms with Crippen molar-refractivity contribution in [3.8, 4) is 5.75 Å². The number of alkyl halides is 3. The smallest absolute Gasteiger partial charge is 0.416 e. The van der Waals surface area contributed by atoms with Crippen molar-refractivity contribution in [3.63, 3.8) is 0 Å². The summed E-state index contributed by atoms with van der Waals surface area (Å²) in [5.74, 6) is 1.38. The van der Waals surface area contributed by atoms with Gasteiger partial charge in [-0.25, -0.2) is 0 Å². The number of likely N-dealkylation sites (tertiary alicyclic amines) is 1. The molecule has 168 valence electrons. The molecule has 0 spiro atoms. The molecule has 31 heavy (non-hydrogen) atoms. The summed E-state index contributed by atoms with van der Waals surface area (Å²) >= 11 is 6.09. The Morgan fingerprint density at radius 1 is 1.06 bits per heavy atom. The fraction of sp³-hybridized carbons (Fsp3) is 0.520. The molecule has 2 aromatic carbocycles. The number of hydrogen-bond acceptors (Lipinski definition) is 2. The average molecular weight is 452 g/mol. The molecule has 1 aliphatic carbocycles. The fourth-order valence-corrected chi connectivity index (χ4v) is 5.03. The summed E-state index contributed by atoms with van der Waals surface area (Å²) in [5, 5.41) is 0.769. The van der Waals surface area contributed by atoms with Gasteiger partial charge in [-0.2, -0.15) is 13.2 Å². The maximum absolute atomic E-state index is 12.7. The highest BCUT2D eigenvalue weighted by atomic mass is 35.5. The van der Waals surface area contributed by atoms with Gasteiger partial charge in [0.05, 0.1) is 12.2 Å². The SMILES string of the molecule is C[C@@H]1CCN(CC2(c3ccc(Cl)cc3)CCC2)C[C@H]1COc1ccc(C(F)(F)F)cc1. The fourth-order valence-electron chi connectivity index (χ4n) is 4.90. The van der Waals surface area contributed by atoms with E-state index in [2.05, 4.69) is 24.0 Å². The van der Waals surface area contributed by atoms with E-state index in [-0.39, 0.29) is 5.41 Å². The van der Waals surface area contributed by atoms with Crippen molar-refractivity contribution in [2.24, 2.45) is 11.8 Å². The summed E-state index contributed by atoms with van der Waals surface area (Å²) in [6.07, 6.45) is 0.449. The Morgan fingerprint density at radius 2 is 1.74 bits per heavy atom. The molecule has 2 nitrogen and oxygen atoms in total. The van der Waals surface area contributed by atoms with Gasteiger partial charge >= 0.3 is 6.18 Å². The van der Waals surface area contributed by atoms with E-state index in [1.807, 2.05) is 12.1 Å². The molecule has 2 fully saturated rings. The second-order valence-corrected chi connectivity index (χ2v) is 9.67. The summed E-state index contributed by atoms with van der Waals surface area (Å²) in [6.45, 7) is 5.84. The van der Waals surface area contributed by atoms with Crippen molar-refractivity contribution in [2.45, 2.75) is 44.2 Å². The monoisotopic (exact) mass is 451 g/mol. The van der Waals surface area contributed by atoms with Gasteiger partial charge in [-0.1, -0.05) is 37.1 Å². The number of benzene rings is 2. The van der Waals surface area contributed by atoms with E-state index in [0.717, 1.165) is 43.2 Å². The predicted octanol–water partition coefficient (Wildman–Crippen LogP) is 6.82. The Hall–Kier alpha value is -1.72. The standard InChI is InChI=1S/C25H29ClF3NO/c1-18-11-14-30(17-24(12-2-13-24)20-3-7-22(26)8-4-20)15-19(18)16-31-23-9-5-21(6-10-23)25(27,28)29/h3-10,18-19H,2,11-17H2,1H3/t18-,19+/m1/s1. The van der Waals surface area contributed by atoms with Crippen LogP contribution in [-0.4, -0.2) is 31.1 Å². The molecule has 2 aromatic rings. The third-order valence-corrected chi connectivity index (χ3v) is 7.39. The molecule has 0 N–H and O–H groups in total. The van der Waals surface area contributed by atoms with Crippen LogP contribution in [0.1, 0.15) is 43.7 Å². The number of rotatable bonds is 6. The van der Waals surface area contributed by atoms with Crippen LogP contribution in [0.2, 0.25) is 5.02 Å². The zero-order valence-electron chi connectivity index (χ0n) is 17.8. The number of nitrogens with zero attached hydrogens (tertiary/aromatic N) is 1. The Morgan fingerprint density at radius 3 is 2.32 bits per heavy atom. The lowest BCUT2D eigenvalue weighted by atomic mass is 9.64. The molecule has 0 bridgehead atoms. The maximum Gasteiger partial charge on any atom is 0.416 e. The lowest BCUT2D eigenvalue weighted by Gasteiger charge is -2.48. The molecule has 2 aliphatic rings. The minimum absolute atomic E-state index is 0.212. The molecule has 1 saturated heterocycles. The van der Waals surface area contributed by atoms with E-state index in [4.69, 9.17) is 16.3 Å². The quantitative estimate of drug-likeness (QED) is 0.478. The average Bonchev–Trinajstić information content (AvgIpc) is 2.71. The zero-order chi connectivity index (χ0) is 22.1. The molecule has 0 radical (unpaired) electrons. The molecule has 2 atom stereocenters. The van der Waals surface area contributed by atoms with Crippen LogP contribution >= 0.6 is 11.6 Å². The lowest BCUT2D eigenvalue weighted by Crippen LogP contribution is -2.50. The summed E-state index contributed by atoms with van der Waals surface area (Å²) in [5.41, 5.74) is 0.939. The van der Waals surface area contributed by atoms with Gasteiger partial charge in [0.25, 0.3) is 0 Å². The number of halogens is 4. The van der Waals surface area contributed by atoms with E-state index >= 15 is 0 Å². The van der Waals surface area contributed by atoms with E-state index < -0.39 is 11.7 Å². The van der Waals surface area contributed by atoms with E-state index in [0.29, 0.717) is 24.2 Å². The second kappa shape index (κ2) is 9.03. The highest BCUT2D eigenvalue weighted by Crippen LogP contribution is 2.45. The highest BCUT2D eigenvalue weighted by Gasteiger charge is 2.41. The second-order valence-electron chi connectivity index (χ2n) is 9.24. The lowest BCUT2D eigenvalue weighted by molar-refractivity contribution is -0.137. The number of hydrogen-bond donors (Lipinski definition) is 0. The summed E-state index contributed by atoms with van der Waals surface area (Å²) in [7, 11) is 0. The van der Waals surface area contributed by atoms with E-state index in [1.54, 1.807) is 0 Å². The van der Waals surface area contributed by atoms with Gasteiger partial charge in [-0.3, -0.25) is 0 Å². The molecular formula is C25H29ClF3NO. The summed E-state index contributed by atoms with van der Waals surface area (Å²) in [6, 6.07) is 13.3. The maximum atomic E-state index is 12.7. The molecule has 0 unspecified atom stereocenters. The van der Waals surface area contributed by atoms with Gasteiger partial charge in [0.1, 0.15) is 5.75 Å². The summed E-state index contributed by atoms with van der Waals surface area (Å²) < 4.78 is 44.1. The normalized spacial score (nSPS) is 23.9. The van der Waals surface area contributed by atoms with Crippen molar-refractivity contribution in [1.82, 2.24) is 4.90 Å². The first-order chi connectivity index (χ1) is 14.7. The molecule has 0 amide bonds. The van der Waals surface area contributed by atoms with Crippen LogP contribution in [-0.2, 0) is 11.6 Å². The Kier molecular flexibility index (Phi) is 6.55. The van der Waals surface area contributed by atoms with Crippen LogP contribution < -0.4 is 4.74 Å². The van der Waals surface area contributed by atoms with Gasteiger partial charge in [0.2, 0.25) is 0 Å². The molecule has 4 rings (SSSR count). The van der Waals surface area contributed by atoms with Crippen LogP contribution in [0, 0.1) is 11.8 Å². The first kappa shape index (κ1) is 22.5. The third kappa shape index (κ3) is 5.20. The van der Waals surface area contributed by atoms with Gasteiger partial charge < -0.3 is 9.64 Å². The van der Waals surface area contributed by atoms with Crippen LogP contribution in [0.5, 0.6) is 5.75 Å². The van der Waals surface area contributed by atoms with Crippen LogP contribution in [0.4, 0.5) is 13.2 Å². The number of ether oxygens (including phenoxy) is 1. The van der Waals surface area contributed by atoms with Gasteiger partial charge in [0, 0.05) is 29.4 Å². The van der Waals surface area contributed by atoms with Crippen molar-refractivity contribution < 1.29 is 17.9 Å².